The summed E-state index contributed by atoms with van der Waals surface area (Å²) < 4.78 is 18.5. The fourth-order valence-electron chi connectivity index (χ4n) is 3.15. The average Bonchev–Trinajstić information content (AvgIpc) is 2.90. The Morgan fingerprint density at radius 3 is 2.67 bits per heavy atom. The summed E-state index contributed by atoms with van der Waals surface area (Å²) in [4.78, 5) is 2.43. The second-order valence-corrected chi connectivity index (χ2v) is 5.34. The third kappa shape index (κ3) is 2.22. The number of fused-ring (bicyclic) bond motifs is 1. The number of methoxy groups -OCH3 is 1. The zero-order valence-corrected chi connectivity index (χ0v) is 10.7. The predicted molar refractivity (Wildman–Crippen MR) is 68.1 cm³/mol. The molecule has 2 heterocycles. The molecule has 4 heteroatoms. The molecule has 3 nitrogen and oxygen atoms in total. The van der Waals surface area contributed by atoms with E-state index in [0.29, 0.717) is 5.75 Å². The summed E-state index contributed by atoms with van der Waals surface area (Å²) in [5.41, 5.74) is 1.03. The molecular formula is C14H19FN2O. The van der Waals surface area contributed by atoms with Gasteiger partial charge in [-0.2, -0.15) is 0 Å². The highest BCUT2D eigenvalue weighted by molar-refractivity contribution is 5.29. The van der Waals surface area contributed by atoms with Crippen molar-refractivity contribution >= 4 is 0 Å². The first kappa shape index (κ1) is 11.9. The lowest BCUT2D eigenvalue weighted by Crippen LogP contribution is -2.25. The monoisotopic (exact) mass is 250 g/mol. The van der Waals surface area contributed by atoms with Crippen LogP contribution in [-0.2, 0) is 6.54 Å². The van der Waals surface area contributed by atoms with Gasteiger partial charge in [0, 0.05) is 19.6 Å². The van der Waals surface area contributed by atoms with Gasteiger partial charge in [-0.3, -0.25) is 4.90 Å². The van der Waals surface area contributed by atoms with Gasteiger partial charge < -0.3 is 10.1 Å². The van der Waals surface area contributed by atoms with Crippen LogP contribution < -0.4 is 10.1 Å². The maximum Gasteiger partial charge on any atom is 0.165 e. The molecule has 0 spiro atoms. The molecule has 2 aliphatic rings. The van der Waals surface area contributed by atoms with E-state index < -0.39 is 0 Å². The largest absolute Gasteiger partial charge is 0.494 e. The van der Waals surface area contributed by atoms with Crippen molar-refractivity contribution in [3.63, 3.8) is 0 Å². The highest BCUT2D eigenvalue weighted by atomic mass is 19.1. The number of likely N-dealkylation sites (tertiary alicyclic amines) is 1. The van der Waals surface area contributed by atoms with Crippen molar-refractivity contribution in [3.8, 4) is 5.75 Å². The van der Waals surface area contributed by atoms with Gasteiger partial charge in [0.15, 0.2) is 11.6 Å². The van der Waals surface area contributed by atoms with E-state index in [4.69, 9.17) is 4.74 Å². The first-order chi connectivity index (χ1) is 8.76. The Kier molecular flexibility index (Phi) is 3.22. The molecule has 2 unspecified atom stereocenters. The molecule has 0 bridgehead atoms. The van der Waals surface area contributed by atoms with E-state index in [1.165, 1.54) is 7.11 Å². The molecule has 1 N–H and O–H groups in total. The Balaban J connectivity index is 1.65. The summed E-state index contributed by atoms with van der Waals surface area (Å²) in [5, 5.41) is 3.43. The quantitative estimate of drug-likeness (QED) is 0.879. The molecule has 3 rings (SSSR count). The van der Waals surface area contributed by atoms with Gasteiger partial charge in [-0.1, -0.05) is 6.07 Å². The summed E-state index contributed by atoms with van der Waals surface area (Å²) in [6.07, 6.45) is 0. The fraction of sp³-hybridized carbons (Fsp3) is 0.571. The average molecular weight is 250 g/mol. The molecule has 2 aliphatic heterocycles. The first-order valence-electron chi connectivity index (χ1n) is 6.52. The Bertz CT molecular complexity index is 426. The van der Waals surface area contributed by atoms with Crippen LogP contribution in [0, 0.1) is 17.7 Å². The summed E-state index contributed by atoms with van der Waals surface area (Å²) in [6.45, 7) is 5.38. The van der Waals surface area contributed by atoms with Gasteiger partial charge >= 0.3 is 0 Å². The van der Waals surface area contributed by atoms with Gasteiger partial charge in [0.2, 0.25) is 0 Å². The molecule has 1 aromatic carbocycles. The van der Waals surface area contributed by atoms with Crippen LogP contribution in [0.15, 0.2) is 18.2 Å². The molecule has 0 radical (unpaired) electrons. The molecule has 1 aromatic rings. The third-order valence-corrected chi connectivity index (χ3v) is 4.09. The summed E-state index contributed by atoms with van der Waals surface area (Å²) in [7, 11) is 1.49. The minimum absolute atomic E-state index is 0.268. The Morgan fingerprint density at radius 2 is 2.06 bits per heavy atom. The van der Waals surface area contributed by atoms with E-state index in [9.17, 15) is 4.39 Å². The molecule has 0 amide bonds. The predicted octanol–water partition coefficient (Wildman–Crippen LogP) is 1.49. The van der Waals surface area contributed by atoms with E-state index in [-0.39, 0.29) is 5.82 Å². The molecule has 0 aromatic heterocycles. The SMILES string of the molecule is COc1ccc(CN2CC3CNCC3C2)cc1F. The van der Waals surface area contributed by atoms with E-state index in [2.05, 4.69) is 10.2 Å². The van der Waals surface area contributed by atoms with Crippen LogP contribution >= 0.6 is 0 Å². The minimum atomic E-state index is -0.268. The number of rotatable bonds is 3. The lowest BCUT2D eigenvalue weighted by atomic mass is 10.0. The molecule has 2 fully saturated rings. The van der Waals surface area contributed by atoms with E-state index >= 15 is 0 Å². The zero-order valence-electron chi connectivity index (χ0n) is 10.7. The number of benzene rings is 1. The zero-order chi connectivity index (χ0) is 12.5. The maximum atomic E-state index is 13.6. The number of nitrogens with zero attached hydrogens (tertiary/aromatic N) is 1. The van der Waals surface area contributed by atoms with Gasteiger partial charge in [-0.05, 0) is 42.6 Å². The number of ether oxygens (including phenoxy) is 1. The van der Waals surface area contributed by atoms with Gasteiger partial charge in [0.05, 0.1) is 7.11 Å². The van der Waals surface area contributed by atoms with Crippen LogP contribution in [0.5, 0.6) is 5.75 Å². The third-order valence-electron chi connectivity index (χ3n) is 4.09. The van der Waals surface area contributed by atoms with Crippen LogP contribution in [-0.4, -0.2) is 38.2 Å². The molecule has 98 valence electrons. The molecule has 0 saturated carbocycles. The Labute approximate surface area is 107 Å². The number of hydrogen-bond acceptors (Lipinski definition) is 3. The molecule has 18 heavy (non-hydrogen) atoms. The highest BCUT2D eigenvalue weighted by Crippen LogP contribution is 2.28. The lowest BCUT2D eigenvalue weighted by Gasteiger charge is -2.17. The molecule has 2 saturated heterocycles. The van der Waals surface area contributed by atoms with E-state index in [1.807, 2.05) is 6.07 Å². The standard InChI is InChI=1S/C14H19FN2O/c1-18-14-3-2-10(4-13(14)15)7-17-8-11-5-16-6-12(11)9-17/h2-4,11-12,16H,5-9H2,1H3. The number of halogens is 1. The van der Waals surface area contributed by atoms with Crippen molar-refractivity contribution in [1.82, 2.24) is 10.2 Å². The van der Waals surface area contributed by atoms with Crippen molar-refractivity contribution < 1.29 is 9.13 Å². The maximum absolute atomic E-state index is 13.6. The topological polar surface area (TPSA) is 24.5 Å². The van der Waals surface area contributed by atoms with E-state index in [0.717, 1.165) is 50.1 Å². The summed E-state index contributed by atoms with van der Waals surface area (Å²) in [6, 6.07) is 5.25. The second-order valence-electron chi connectivity index (χ2n) is 5.34. The second kappa shape index (κ2) is 4.86. The van der Waals surface area contributed by atoms with Gasteiger partial charge in [0.1, 0.15) is 0 Å². The Morgan fingerprint density at radius 1 is 1.33 bits per heavy atom. The number of hydrogen-bond donors (Lipinski definition) is 1. The van der Waals surface area contributed by atoms with Gasteiger partial charge in [-0.15, -0.1) is 0 Å². The van der Waals surface area contributed by atoms with Crippen molar-refractivity contribution in [2.24, 2.45) is 11.8 Å². The van der Waals surface area contributed by atoms with Crippen molar-refractivity contribution in [1.29, 1.82) is 0 Å². The summed E-state index contributed by atoms with van der Waals surface area (Å²) in [5.74, 6) is 1.62. The van der Waals surface area contributed by atoms with Crippen LogP contribution in [0.25, 0.3) is 0 Å². The van der Waals surface area contributed by atoms with Gasteiger partial charge in [-0.25, -0.2) is 4.39 Å². The van der Waals surface area contributed by atoms with E-state index in [1.54, 1.807) is 12.1 Å². The van der Waals surface area contributed by atoms with Crippen LogP contribution in [0.3, 0.4) is 0 Å². The molecule has 0 aliphatic carbocycles. The van der Waals surface area contributed by atoms with Crippen molar-refractivity contribution in [2.45, 2.75) is 6.54 Å². The van der Waals surface area contributed by atoms with Gasteiger partial charge in [0.25, 0.3) is 0 Å². The molecule has 2 atom stereocenters. The lowest BCUT2D eigenvalue weighted by molar-refractivity contribution is 0.304. The van der Waals surface area contributed by atoms with Crippen LogP contribution in [0.4, 0.5) is 4.39 Å². The smallest absolute Gasteiger partial charge is 0.165 e. The fourth-order valence-corrected chi connectivity index (χ4v) is 3.15. The van der Waals surface area contributed by atoms with Crippen LogP contribution in [0.2, 0.25) is 0 Å². The summed E-state index contributed by atoms with van der Waals surface area (Å²) >= 11 is 0. The minimum Gasteiger partial charge on any atom is -0.494 e. The number of nitrogens with one attached hydrogen (secondary N) is 1. The van der Waals surface area contributed by atoms with Crippen molar-refractivity contribution in [3.05, 3.63) is 29.6 Å². The van der Waals surface area contributed by atoms with Crippen LogP contribution in [0.1, 0.15) is 5.56 Å². The molecular weight excluding hydrogens is 231 g/mol. The normalized spacial score (nSPS) is 27.4. The van der Waals surface area contributed by atoms with Crippen molar-refractivity contribution in [2.75, 3.05) is 33.3 Å². The highest BCUT2D eigenvalue weighted by Gasteiger charge is 2.35. The Hall–Kier alpha value is -1.13. The first-order valence-corrected chi connectivity index (χ1v) is 6.52.